The zero-order valence-electron chi connectivity index (χ0n) is 18.2. The van der Waals surface area contributed by atoms with Crippen LogP contribution in [0.25, 0.3) is 5.65 Å². The summed E-state index contributed by atoms with van der Waals surface area (Å²) < 4.78 is 7.76. The molecule has 5 rings (SSSR count). The second-order valence-electron chi connectivity index (χ2n) is 8.24. The second-order valence-corrected chi connectivity index (χ2v) is 8.24. The van der Waals surface area contributed by atoms with Gasteiger partial charge in [0.15, 0.2) is 0 Å². The SMILES string of the molecule is Cc1ccc(C(=O)NC2CC2)cc1NC(=O)c1ccc(OCc2cn3ccccc3n2)cc1. The monoisotopic (exact) mass is 440 g/mol. The summed E-state index contributed by atoms with van der Waals surface area (Å²) in [6.07, 6.45) is 5.93. The van der Waals surface area contributed by atoms with Gasteiger partial charge in [0.25, 0.3) is 11.8 Å². The maximum atomic E-state index is 12.8. The number of amides is 2. The van der Waals surface area contributed by atoms with Crippen LogP contribution in [0.15, 0.2) is 73.1 Å². The first-order valence-corrected chi connectivity index (χ1v) is 10.9. The molecule has 2 heterocycles. The standard InChI is InChI=1S/C26H24N4O3/c1-17-5-6-19(26(32)28-20-9-10-20)14-23(17)29-25(31)18-7-11-22(12-8-18)33-16-21-15-30-13-3-2-4-24(30)27-21/h2-8,11-15,20H,9-10,16H2,1H3,(H,28,32)(H,29,31). The van der Waals surface area contributed by atoms with E-state index >= 15 is 0 Å². The summed E-state index contributed by atoms with van der Waals surface area (Å²) in [5, 5.41) is 5.88. The summed E-state index contributed by atoms with van der Waals surface area (Å²) in [6, 6.07) is 18.4. The molecule has 2 N–H and O–H groups in total. The van der Waals surface area contributed by atoms with Gasteiger partial charge < -0.3 is 19.8 Å². The lowest BCUT2D eigenvalue weighted by atomic mass is 10.1. The number of pyridine rings is 1. The number of anilines is 1. The maximum Gasteiger partial charge on any atom is 0.255 e. The Labute approximate surface area is 191 Å². The van der Waals surface area contributed by atoms with E-state index in [1.165, 1.54) is 0 Å². The average molecular weight is 441 g/mol. The minimum absolute atomic E-state index is 0.111. The van der Waals surface area contributed by atoms with Crippen molar-refractivity contribution in [2.24, 2.45) is 0 Å². The van der Waals surface area contributed by atoms with Gasteiger partial charge >= 0.3 is 0 Å². The van der Waals surface area contributed by atoms with Crippen molar-refractivity contribution in [3.05, 3.63) is 95.4 Å². The molecule has 0 spiro atoms. The number of ether oxygens (including phenoxy) is 1. The molecule has 1 aliphatic rings. The molecule has 2 aromatic heterocycles. The number of rotatable bonds is 7. The topological polar surface area (TPSA) is 84.7 Å². The van der Waals surface area contributed by atoms with Crippen LogP contribution in [0.4, 0.5) is 5.69 Å². The van der Waals surface area contributed by atoms with Gasteiger partial charge in [0.05, 0.1) is 5.69 Å². The van der Waals surface area contributed by atoms with Crippen molar-refractivity contribution in [2.45, 2.75) is 32.4 Å². The molecule has 1 aliphatic carbocycles. The van der Waals surface area contributed by atoms with Crippen LogP contribution in [0.5, 0.6) is 5.75 Å². The summed E-state index contributed by atoms with van der Waals surface area (Å²) in [7, 11) is 0. The lowest BCUT2D eigenvalue weighted by Crippen LogP contribution is -2.25. The molecule has 0 radical (unpaired) electrons. The molecule has 166 valence electrons. The summed E-state index contributed by atoms with van der Waals surface area (Å²) in [6.45, 7) is 2.23. The van der Waals surface area contributed by atoms with E-state index in [1.807, 2.05) is 48.0 Å². The number of carbonyl (C=O) groups excluding carboxylic acids is 2. The number of fused-ring (bicyclic) bond motifs is 1. The Morgan fingerprint density at radius 3 is 2.58 bits per heavy atom. The predicted molar refractivity (Wildman–Crippen MR) is 126 cm³/mol. The number of benzene rings is 2. The van der Waals surface area contributed by atoms with E-state index in [0.717, 1.165) is 29.7 Å². The lowest BCUT2D eigenvalue weighted by molar-refractivity contribution is 0.0949. The van der Waals surface area contributed by atoms with Crippen LogP contribution in [0.2, 0.25) is 0 Å². The highest BCUT2D eigenvalue weighted by Crippen LogP contribution is 2.22. The number of aromatic nitrogens is 2. The summed E-state index contributed by atoms with van der Waals surface area (Å²) in [5.74, 6) is 0.295. The molecule has 4 aromatic rings. The maximum absolute atomic E-state index is 12.8. The highest BCUT2D eigenvalue weighted by Gasteiger charge is 2.24. The zero-order chi connectivity index (χ0) is 22.8. The molecular formula is C26H24N4O3. The third kappa shape index (κ3) is 4.87. The smallest absolute Gasteiger partial charge is 0.255 e. The fraction of sp³-hybridized carbons (Fsp3) is 0.192. The van der Waals surface area contributed by atoms with Gasteiger partial charge in [-0.15, -0.1) is 0 Å². The molecule has 0 saturated heterocycles. The highest BCUT2D eigenvalue weighted by molar-refractivity contribution is 6.05. The van der Waals surface area contributed by atoms with Crippen molar-refractivity contribution >= 4 is 23.1 Å². The van der Waals surface area contributed by atoms with Crippen LogP contribution in [-0.2, 0) is 6.61 Å². The predicted octanol–water partition coefficient (Wildman–Crippen LogP) is 4.37. The quantitative estimate of drug-likeness (QED) is 0.447. The summed E-state index contributed by atoms with van der Waals surface area (Å²) >= 11 is 0. The fourth-order valence-electron chi connectivity index (χ4n) is 3.51. The first kappa shape index (κ1) is 20.8. The van der Waals surface area contributed by atoms with Crippen LogP contribution in [-0.4, -0.2) is 27.2 Å². The number of nitrogens with zero attached hydrogens (tertiary/aromatic N) is 2. The van der Waals surface area contributed by atoms with Crippen LogP contribution >= 0.6 is 0 Å². The van der Waals surface area contributed by atoms with E-state index in [0.29, 0.717) is 29.2 Å². The van der Waals surface area contributed by atoms with Crippen molar-refractivity contribution in [1.29, 1.82) is 0 Å². The number of imidazole rings is 1. The summed E-state index contributed by atoms with van der Waals surface area (Å²) in [5.41, 5.74) is 4.24. The molecule has 1 saturated carbocycles. The first-order valence-electron chi connectivity index (χ1n) is 10.9. The van der Waals surface area contributed by atoms with E-state index in [-0.39, 0.29) is 17.9 Å². The average Bonchev–Trinajstić information content (AvgIpc) is 3.54. The van der Waals surface area contributed by atoms with Gasteiger partial charge in [-0.05, 0) is 73.9 Å². The number of aryl methyl sites for hydroxylation is 1. The minimum Gasteiger partial charge on any atom is -0.487 e. The van der Waals surface area contributed by atoms with Crippen LogP contribution in [0.1, 0.15) is 44.8 Å². The number of nitrogens with one attached hydrogen (secondary N) is 2. The Hall–Kier alpha value is -4.13. The van der Waals surface area contributed by atoms with Gasteiger partial charge in [0, 0.05) is 35.2 Å². The van der Waals surface area contributed by atoms with Crippen molar-refractivity contribution in [3.63, 3.8) is 0 Å². The van der Waals surface area contributed by atoms with Gasteiger partial charge in [-0.25, -0.2) is 4.98 Å². The van der Waals surface area contributed by atoms with E-state index in [9.17, 15) is 9.59 Å². The largest absolute Gasteiger partial charge is 0.487 e. The number of hydrogen-bond acceptors (Lipinski definition) is 4. The fourth-order valence-corrected chi connectivity index (χ4v) is 3.51. The van der Waals surface area contributed by atoms with Gasteiger partial charge in [-0.3, -0.25) is 9.59 Å². The Bertz CT molecular complexity index is 1290. The molecule has 0 aliphatic heterocycles. The van der Waals surface area contributed by atoms with E-state index < -0.39 is 0 Å². The molecule has 1 fully saturated rings. The van der Waals surface area contributed by atoms with Crippen molar-refractivity contribution in [1.82, 2.24) is 14.7 Å². The first-order chi connectivity index (χ1) is 16.0. The molecular weight excluding hydrogens is 416 g/mol. The van der Waals surface area contributed by atoms with Gasteiger partial charge in [-0.2, -0.15) is 0 Å². The van der Waals surface area contributed by atoms with Crippen molar-refractivity contribution in [3.8, 4) is 5.75 Å². The molecule has 2 aromatic carbocycles. The van der Waals surface area contributed by atoms with Crippen molar-refractivity contribution in [2.75, 3.05) is 5.32 Å². The van der Waals surface area contributed by atoms with E-state index in [2.05, 4.69) is 15.6 Å². The van der Waals surface area contributed by atoms with E-state index in [1.54, 1.807) is 36.4 Å². The van der Waals surface area contributed by atoms with Gasteiger partial charge in [-0.1, -0.05) is 12.1 Å². The third-order valence-electron chi connectivity index (χ3n) is 5.58. The van der Waals surface area contributed by atoms with Crippen LogP contribution in [0, 0.1) is 6.92 Å². The Balaban J connectivity index is 1.21. The molecule has 33 heavy (non-hydrogen) atoms. The molecule has 0 bridgehead atoms. The Morgan fingerprint density at radius 2 is 1.82 bits per heavy atom. The normalized spacial score (nSPS) is 13.0. The highest BCUT2D eigenvalue weighted by atomic mass is 16.5. The van der Waals surface area contributed by atoms with E-state index in [4.69, 9.17) is 4.74 Å². The van der Waals surface area contributed by atoms with Crippen LogP contribution < -0.4 is 15.4 Å². The molecule has 2 amide bonds. The Kier molecular flexibility index (Phi) is 5.52. The van der Waals surface area contributed by atoms with Crippen molar-refractivity contribution < 1.29 is 14.3 Å². The van der Waals surface area contributed by atoms with Crippen LogP contribution in [0.3, 0.4) is 0 Å². The molecule has 7 nitrogen and oxygen atoms in total. The zero-order valence-corrected chi connectivity index (χ0v) is 18.2. The number of hydrogen-bond donors (Lipinski definition) is 2. The number of carbonyl (C=O) groups is 2. The van der Waals surface area contributed by atoms with Gasteiger partial charge in [0.2, 0.25) is 0 Å². The molecule has 0 atom stereocenters. The lowest BCUT2D eigenvalue weighted by Gasteiger charge is -2.11. The molecule has 7 heteroatoms. The minimum atomic E-state index is -0.246. The summed E-state index contributed by atoms with van der Waals surface area (Å²) in [4.78, 5) is 29.6. The van der Waals surface area contributed by atoms with Gasteiger partial charge in [0.1, 0.15) is 18.0 Å². The Morgan fingerprint density at radius 1 is 1.03 bits per heavy atom. The molecule has 0 unspecified atom stereocenters. The third-order valence-corrected chi connectivity index (χ3v) is 5.58. The second kappa shape index (κ2) is 8.78.